The Kier molecular flexibility index (Phi) is 28.6. The molecule has 0 atom stereocenters. The Hall–Kier alpha value is -1.76. The van der Waals surface area contributed by atoms with Crippen LogP contribution in [0.5, 0.6) is 0 Å². The predicted octanol–water partition coefficient (Wildman–Crippen LogP) is 14.8. The highest BCUT2D eigenvalue weighted by atomic mass is 19.4. The summed E-state index contributed by atoms with van der Waals surface area (Å²) in [4.78, 5) is 26.5. The molecule has 0 rings (SSSR count). The third kappa shape index (κ3) is 18.2. The molecule has 0 aliphatic heterocycles. The van der Waals surface area contributed by atoms with E-state index < -0.39 is 67.6 Å². The molecule has 57 heavy (non-hydrogen) atoms. The first kappa shape index (κ1) is 55.2. The molecule has 0 spiro atoms. The van der Waals surface area contributed by atoms with Crippen molar-refractivity contribution >= 4 is 11.8 Å². The first-order valence-electron chi connectivity index (χ1n) is 22.3. The van der Waals surface area contributed by atoms with Gasteiger partial charge in [0.2, 0.25) is 0 Å². The lowest BCUT2D eigenvalue weighted by atomic mass is 9.92. The molecule has 0 bridgehead atoms. The molecular formula is C43H76F10N2O2. The Morgan fingerprint density at radius 3 is 0.667 bits per heavy atom. The fourth-order valence-corrected chi connectivity index (χ4v) is 6.93. The van der Waals surface area contributed by atoms with E-state index in [9.17, 15) is 9.59 Å². The number of nitrogens with zero attached hydrogens (tertiary/aromatic N) is 2. The highest BCUT2D eigenvalue weighted by Gasteiger charge is 2.89. The number of carbonyl (C=O) groups excluding carboxylic acids is 2. The van der Waals surface area contributed by atoms with Gasteiger partial charge >= 0.3 is 29.6 Å². The molecule has 0 aromatic heterocycles. The van der Waals surface area contributed by atoms with Crippen molar-refractivity contribution in [1.82, 2.24) is 9.80 Å². The van der Waals surface area contributed by atoms with Crippen LogP contribution in [0.1, 0.15) is 207 Å². The highest BCUT2D eigenvalue weighted by Crippen LogP contribution is 2.57. The van der Waals surface area contributed by atoms with Gasteiger partial charge < -0.3 is 9.80 Å². The van der Waals surface area contributed by atoms with Crippen LogP contribution in [0.4, 0.5) is 43.9 Å². The molecule has 0 heterocycles. The zero-order valence-corrected chi connectivity index (χ0v) is 35.6. The zero-order valence-electron chi connectivity index (χ0n) is 35.6. The van der Waals surface area contributed by atoms with Crippen molar-refractivity contribution in [2.75, 3.05) is 26.2 Å². The van der Waals surface area contributed by atoms with Crippen LogP contribution in [-0.2, 0) is 9.59 Å². The van der Waals surface area contributed by atoms with Crippen LogP contribution >= 0.6 is 0 Å². The van der Waals surface area contributed by atoms with E-state index in [1.54, 1.807) is 0 Å². The molecule has 340 valence electrons. The van der Waals surface area contributed by atoms with Crippen molar-refractivity contribution in [3.05, 3.63) is 0 Å². The maximum atomic E-state index is 15.4. The fraction of sp³-hybridized carbons (Fsp3) is 0.953. The van der Waals surface area contributed by atoms with E-state index in [1.165, 1.54) is 0 Å². The van der Waals surface area contributed by atoms with Crippen LogP contribution in [0.2, 0.25) is 0 Å². The standard InChI is InChI=1S/C43H76F10N2O2/c1-5-9-13-17-21-25-29-33-54(34-30-26-22-18-14-10-6-2)37(56)39(44,45)41(48,49)43(52,53)42(50,51)40(46,47)38(57)55(35-31-27-23-19-15-11-7-3)36-32-28-24-20-16-12-8-4/h5-36H2,1-4H3. The lowest BCUT2D eigenvalue weighted by Gasteiger charge is -2.40. The maximum absolute atomic E-state index is 15.4. The molecule has 0 aromatic rings. The molecule has 4 nitrogen and oxygen atoms in total. The number of hydrogen-bond donors (Lipinski definition) is 0. The van der Waals surface area contributed by atoms with Gasteiger partial charge in [0, 0.05) is 26.2 Å². The molecule has 0 radical (unpaired) electrons. The molecule has 0 saturated carbocycles. The Balaban J connectivity index is 6.21. The third-order valence-corrected chi connectivity index (χ3v) is 10.8. The van der Waals surface area contributed by atoms with E-state index in [1.807, 2.05) is 27.7 Å². The molecule has 0 aromatic carbocycles. The number of hydrogen-bond acceptors (Lipinski definition) is 2. The summed E-state index contributed by atoms with van der Waals surface area (Å²) >= 11 is 0. The van der Waals surface area contributed by atoms with Crippen molar-refractivity contribution in [3.63, 3.8) is 0 Å². The Bertz CT molecular complexity index is 931. The van der Waals surface area contributed by atoms with Gasteiger partial charge in [-0.25, -0.2) is 0 Å². The quantitative estimate of drug-likeness (QED) is 0.0459. The highest BCUT2D eigenvalue weighted by molar-refractivity contribution is 5.86. The van der Waals surface area contributed by atoms with Crippen LogP contribution < -0.4 is 0 Å². The van der Waals surface area contributed by atoms with Crippen molar-refractivity contribution in [1.29, 1.82) is 0 Å². The normalized spacial score (nSPS) is 13.0. The summed E-state index contributed by atoms with van der Waals surface area (Å²) in [6.07, 6.45) is 18.8. The van der Waals surface area contributed by atoms with Gasteiger partial charge in [0.1, 0.15) is 0 Å². The molecule has 0 N–H and O–H groups in total. The molecule has 0 unspecified atom stereocenters. The molecule has 0 aliphatic rings. The lowest BCUT2D eigenvalue weighted by molar-refractivity contribution is -0.389. The molecule has 0 aliphatic carbocycles. The number of alkyl halides is 10. The summed E-state index contributed by atoms with van der Waals surface area (Å²) in [6, 6.07) is 0. The zero-order chi connectivity index (χ0) is 43.4. The lowest BCUT2D eigenvalue weighted by Crippen LogP contribution is -2.72. The van der Waals surface area contributed by atoms with Gasteiger partial charge in [-0.1, -0.05) is 182 Å². The Labute approximate surface area is 338 Å². The van der Waals surface area contributed by atoms with Gasteiger partial charge in [0.15, 0.2) is 0 Å². The van der Waals surface area contributed by atoms with E-state index in [-0.39, 0.29) is 35.5 Å². The van der Waals surface area contributed by atoms with Crippen molar-refractivity contribution in [2.45, 2.75) is 237 Å². The van der Waals surface area contributed by atoms with Gasteiger partial charge in [0.25, 0.3) is 11.8 Å². The summed E-state index contributed by atoms with van der Waals surface area (Å²) in [5.41, 5.74) is 0. The monoisotopic (exact) mass is 843 g/mol. The predicted molar refractivity (Wildman–Crippen MR) is 210 cm³/mol. The summed E-state index contributed by atoms with van der Waals surface area (Å²) in [7, 11) is 0. The second-order valence-electron chi connectivity index (χ2n) is 15.9. The second kappa shape index (κ2) is 29.5. The SMILES string of the molecule is CCCCCCCCCN(CCCCCCCCC)C(=O)C(F)(F)C(F)(F)C(F)(F)C(F)(F)C(F)(F)C(=O)N(CCCCCCCCC)CCCCCCCCC. The largest absolute Gasteiger partial charge is 0.392 e. The molecule has 2 amide bonds. The van der Waals surface area contributed by atoms with Crippen LogP contribution in [0.15, 0.2) is 0 Å². The molecular weight excluding hydrogens is 766 g/mol. The third-order valence-electron chi connectivity index (χ3n) is 10.8. The number of rotatable bonds is 38. The minimum atomic E-state index is -7.51. The van der Waals surface area contributed by atoms with E-state index in [2.05, 4.69) is 0 Å². The van der Waals surface area contributed by atoms with Gasteiger partial charge in [-0.3, -0.25) is 9.59 Å². The van der Waals surface area contributed by atoms with Crippen LogP contribution in [0.3, 0.4) is 0 Å². The number of amides is 2. The molecule has 14 heteroatoms. The van der Waals surface area contributed by atoms with Crippen molar-refractivity contribution < 1.29 is 53.5 Å². The Morgan fingerprint density at radius 1 is 0.298 bits per heavy atom. The van der Waals surface area contributed by atoms with Gasteiger partial charge in [-0.05, 0) is 25.7 Å². The second-order valence-corrected chi connectivity index (χ2v) is 15.9. The van der Waals surface area contributed by atoms with Crippen LogP contribution in [0.25, 0.3) is 0 Å². The summed E-state index contributed by atoms with van der Waals surface area (Å²) in [6.45, 7) is 5.90. The van der Waals surface area contributed by atoms with Gasteiger partial charge in [0.05, 0.1) is 0 Å². The van der Waals surface area contributed by atoms with Crippen LogP contribution in [0, 0.1) is 0 Å². The topological polar surface area (TPSA) is 40.6 Å². The summed E-state index contributed by atoms with van der Waals surface area (Å²) in [5, 5.41) is 0. The number of carbonyl (C=O) groups is 2. The number of unbranched alkanes of at least 4 members (excludes halogenated alkanes) is 24. The van der Waals surface area contributed by atoms with E-state index in [0.717, 1.165) is 103 Å². The smallest absolute Gasteiger partial charge is 0.337 e. The fourth-order valence-electron chi connectivity index (χ4n) is 6.93. The van der Waals surface area contributed by atoms with Crippen molar-refractivity contribution in [2.24, 2.45) is 0 Å². The summed E-state index contributed by atoms with van der Waals surface area (Å²) in [5.74, 6) is -40.8. The van der Waals surface area contributed by atoms with E-state index in [0.29, 0.717) is 51.4 Å². The maximum Gasteiger partial charge on any atom is 0.392 e. The summed E-state index contributed by atoms with van der Waals surface area (Å²) < 4.78 is 153. The van der Waals surface area contributed by atoms with Crippen molar-refractivity contribution in [3.8, 4) is 0 Å². The molecule has 0 fully saturated rings. The Morgan fingerprint density at radius 2 is 0.474 bits per heavy atom. The first-order chi connectivity index (χ1) is 26.9. The van der Waals surface area contributed by atoms with Gasteiger partial charge in [-0.15, -0.1) is 0 Å². The molecule has 0 saturated heterocycles. The average Bonchev–Trinajstić information content (AvgIpc) is 3.16. The van der Waals surface area contributed by atoms with Crippen LogP contribution in [-0.4, -0.2) is 77.4 Å². The number of halogens is 10. The minimum absolute atomic E-state index is 0.0580. The van der Waals surface area contributed by atoms with Gasteiger partial charge in [-0.2, -0.15) is 43.9 Å². The minimum Gasteiger partial charge on any atom is -0.337 e. The first-order valence-corrected chi connectivity index (χ1v) is 22.3. The average molecular weight is 843 g/mol. The van der Waals surface area contributed by atoms with E-state index >= 15 is 43.9 Å². The van der Waals surface area contributed by atoms with E-state index in [4.69, 9.17) is 0 Å².